The first-order valence-electron chi connectivity index (χ1n) is 5.02. The van der Waals surface area contributed by atoms with E-state index in [0.717, 1.165) is 18.3 Å². The zero-order chi connectivity index (χ0) is 17.6. The molecule has 2 N–H and O–H groups in total. The van der Waals surface area contributed by atoms with Crippen LogP contribution in [0, 0.1) is 0 Å². The van der Waals surface area contributed by atoms with Gasteiger partial charge in [0.25, 0.3) is 0 Å². The van der Waals surface area contributed by atoms with Gasteiger partial charge in [-0.2, -0.15) is 26.3 Å². The third-order valence-electron chi connectivity index (χ3n) is 1.63. The van der Waals surface area contributed by atoms with Gasteiger partial charge in [0.2, 0.25) is 0 Å². The van der Waals surface area contributed by atoms with Crippen molar-refractivity contribution in [2.75, 3.05) is 6.61 Å². The Morgan fingerprint density at radius 3 is 1.86 bits per heavy atom. The molecular formula is C10H7F6NO5. The minimum Gasteiger partial charge on any atom is -0.480 e. The molecule has 0 atom stereocenters. The van der Waals surface area contributed by atoms with Crippen LogP contribution in [0.5, 0.6) is 5.75 Å². The fraction of sp³-hybridized carbons (Fsp3) is 0.300. The van der Waals surface area contributed by atoms with Gasteiger partial charge in [-0.3, -0.25) is 0 Å². The van der Waals surface area contributed by atoms with E-state index >= 15 is 0 Å². The maximum Gasteiger partial charge on any atom is 0.490 e. The predicted octanol–water partition coefficient (Wildman–Crippen LogP) is 2.20. The van der Waals surface area contributed by atoms with E-state index in [1.807, 2.05) is 0 Å². The number of carboxylic acids is 2. The molecule has 0 radical (unpaired) electrons. The number of alkyl halides is 6. The van der Waals surface area contributed by atoms with Crippen LogP contribution >= 0.6 is 0 Å². The summed E-state index contributed by atoms with van der Waals surface area (Å²) in [6, 6.07) is 1.73. The molecule has 1 aromatic rings. The summed E-state index contributed by atoms with van der Waals surface area (Å²) in [7, 11) is 0. The van der Waals surface area contributed by atoms with Crippen LogP contribution in [0.25, 0.3) is 0 Å². The molecule has 0 saturated carbocycles. The molecule has 1 aromatic heterocycles. The van der Waals surface area contributed by atoms with Crippen LogP contribution in [0.15, 0.2) is 18.3 Å². The highest BCUT2D eigenvalue weighted by Crippen LogP contribution is 2.28. The third kappa shape index (κ3) is 7.91. The van der Waals surface area contributed by atoms with E-state index in [-0.39, 0.29) is 5.75 Å². The van der Waals surface area contributed by atoms with Crippen LogP contribution in [0.3, 0.4) is 0 Å². The Morgan fingerprint density at radius 1 is 1.09 bits per heavy atom. The van der Waals surface area contributed by atoms with Crippen molar-refractivity contribution in [3.8, 4) is 5.75 Å². The largest absolute Gasteiger partial charge is 0.490 e. The zero-order valence-corrected chi connectivity index (χ0v) is 10.3. The molecule has 22 heavy (non-hydrogen) atoms. The number of rotatable bonds is 3. The average molecular weight is 335 g/mol. The standard InChI is InChI=1S/C8H6F3NO3.C2HF3O2/c9-8(10,11)6-2-1-5(3-12-6)15-4-7(13)14;3-2(4,5)1(6)7/h1-3H,4H2,(H,13,14);(H,6,7). The number of nitrogens with zero attached hydrogens (tertiary/aromatic N) is 1. The molecule has 0 amide bonds. The lowest BCUT2D eigenvalue weighted by atomic mass is 10.3. The number of halogens is 6. The quantitative estimate of drug-likeness (QED) is 0.822. The molecule has 0 unspecified atom stereocenters. The highest BCUT2D eigenvalue weighted by molar-refractivity contribution is 5.73. The average Bonchev–Trinajstić information content (AvgIpc) is 2.35. The van der Waals surface area contributed by atoms with E-state index in [1.165, 1.54) is 0 Å². The molecule has 0 aliphatic rings. The molecule has 0 bridgehead atoms. The Labute approximate surface area is 117 Å². The fourth-order valence-electron chi connectivity index (χ4n) is 0.778. The van der Waals surface area contributed by atoms with Gasteiger partial charge < -0.3 is 14.9 Å². The normalized spacial score (nSPS) is 11.2. The molecule has 12 heteroatoms. The number of carbonyl (C=O) groups is 2. The molecule has 6 nitrogen and oxygen atoms in total. The van der Waals surface area contributed by atoms with E-state index in [2.05, 4.69) is 9.72 Å². The van der Waals surface area contributed by atoms with Crippen LogP contribution in [0.4, 0.5) is 26.3 Å². The summed E-state index contributed by atoms with van der Waals surface area (Å²) >= 11 is 0. The highest BCUT2D eigenvalue weighted by Gasteiger charge is 2.38. The zero-order valence-electron chi connectivity index (χ0n) is 10.3. The van der Waals surface area contributed by atoms with E-state index in [0.29, 0.717) is 0 Å². The fourth-order valence-corrected chi connectivity index (χ4v) is 0.778. The third-order valence-corrected chi connectivity index (χ3v) is 1.63. The van der Waals surface area contributed by atoms with Crippen LogP contribution in [0.2, 0.25) is 0 Å². The van der Waals surface area contributed by atoms with Gasteiger partial charge in [-0.25, -0.2) is 14.6 Å². The number of aliphatic carboxylic acids is 2. The van der Waals surface area contributed by atoms with Gasteiger partial charge in [-0.15, -0.1) is 0 Å². The van der Waals surface area contributed by atoms with Gasteiger partial charge in [0.1, 0.15) is 11.4 Å². The molecule has 0 aliphatic carbocycles. The maximum absolute atomic E-state index is 12.0. The first-order chi connectivity index (χ1) is 9.84. The van der Waals surface area contributed by atoms with Crippen molar-refractivity contribution in [2.24, 2.45) is 0 Å². The van der Waals surface area contributed by atoms with Crippen molar-refractivity contribution in [1.82, 2.24) is 4.98 Å². The maximum atomic E-state index is 12.0. The summed E-state index contributed by atoms with van der Waals surface area (Å²) in [6.45, 7) is -0.618. The Balaban J connectivity index is 0.000000534. The first kappa shape index (κ1) is 19.5. The molecule has 0 aromatic carbocycles. The SMILES string of the molecule is O=C(O)C(F)(F)F.O=C(O)COc1ccc(C(F)(F)F)nc1. The second kappa shape index (κ2) is 7.47. The predicted molar refractivity (Wildman–Crippen MR) is 56.1 cm³/mol. The van der Waals surface area contributed by atoms with Crippen molar-refractivity contribution in [2.45, 2.75) is 12.4 Å². The van der Waals surface area contributed by atoms with Crippen molar-refractivity contribution in [1.29, 1.82) is 0 Å². The summed E-state index contributed by atoms with van der Waals surface area (Å²) in [5, 5.41) is 15.4. The smallest absolute Gasteiger partial charge is 0.480 e. The van der Waals surface area contributed by atoms with Crippen molar-refractivity contribution in [3.05, 3.63) is 24.0 Å². The Bertz CT molecular complexity index is 510. The summed E-state index contributed by atoms with van der Waals surface area (Å²) in [6.07, 6.45) is -8.77. The molecule has 1 heterocycles. The van der Waals surface area contributed by atoms with E-state index in [9.17, 15) is 31.1 Å². The molecule has 0 saturated heterocycles. The Hall–Kier alpha value is -2.53. The number of carboxylic acid groups (broad SMARTS) is 2. The van der Waals surface area contributed by atoms with Gasteiger partial charge in [0.05, 0.1) is 6.20 Å². The van der Waals surface area contributed by atoms with Crippen molar-refractivity contribution >= 4 is 11.9 Å². The van der Waals surface area contributed by atoms with Gasteiger partial charge in [0.15, 0.2) is 6.61 Å². The number of pyridine rings is 1. The molecule has 1 rings (SSSR count). The van der Waals surface area contributed by atoms with Crippen LogP contribution in [0.1, 0.15) is 5.69 Å². The Kier molecular flexibility index (Phi) is 6.61. The topological polar surface area (TPSA) is 96.7 Å². The summed E-state index contributed by atoms with van der Waals surface area (Å²) < 4.78 is 72.5. The number of hydrogen-bond acceptors (Lipinski definition) is 4. The minimum absolute atomic E-state index is 0.0228. The minimum atomic E-state index is -5.08. The second-order valence-electron chi connectivity index (χ2n) is 3.36. The van der Waals surface area contributed by atoms with E-state index in [4.69, 9.17) is 15.0 Å². The van der Waals surface area contributed by atoms with Crippen LogP contribution in [-0.2, 0) is 15.8 Å². The summed E-state index contributed by atoms with van der Waals surface area (Å²) in [5.74, 6) is -3.99. The van der Waals surface area contributed by atoms with Gasteiger partial charge in [-0.05, 0) is 12.1 Å². The first-order valence-corrected chi connectivity index (χ1v) is 5.02. The van der Waals surface area contributed by atoms with Gasteiger partial charge in [-0.1, -0.05) is 0 Å². The van der Waals surface area contributed by atoms with E-state index < -0.39 is 36.6 Å². The Morgan fingerprint density at radius 2 is 1.59 bits per heavy atom. The van der Waals surface area contributed by atoms with Crippen molar-refractivity contribution in [3.63, 3.8) is 0 Å². The lowest BCUT2D eigenvalue weighted by Crippen LogP contribution is -2.21. The molecule has 0 spiro atoms. The molecule has 0 aliphatic heterocycles. The molecule has 124 valence electrons. The number of hydrogen-bond donors (Lipinski definition) is 2. The summed E-state index contributed by atoms with van der Waals surface area (Å²) in [5.41, 5.74) is -1.05. The number of aromatic nitrogens is 1. The second-order valence-corrected chi connectivity index (χ2v) is 3.36. The van der Waals surface area contributed by atoms with Gasteiger partial charge in [0, 0.05) is 0 Å². The van der Waals surface area contributed by atoms with Crippen LogP contribution in [-0.4, -0.2) is 39.9 Å². The monoisotopic (exact) mass is 335 g/mol. The van der Waals surface area contributed by atoms with Gasteiger partial charge >= 0.3 is 24.3 Å². The lowest BCUT2D eigenvalue weighted by Gasteiger charge is -2.06. The lowest BCUT2D eigenvalue weighted by molar-refractivity contribution is -0.192. The van der Waals surface area contributed by atoms with E-state index in [1.54, 1.807) is 0 Å². The highest BCUT2D eigenvalue weighted by atomic mass is 19.4. The summed E-state index contributed by atoms with van der Waals surface area (Å²) in [4.78, 5) is 22.1. The molecular weight excluding hydrogens is 328 g/mol. The number of ether oxygens (including phenoxy) is 1. The van der Waals surface area contributed by atoms with Crippen LogP contribution < -0.4 is 4.74 Å². The van der Waals surface area contributed by atoms with Crippen molar-refractivity contribution < 1.29 is 50.9 Å². The molecule has 0 fully saturated rings.